The lowest BCUT2D eigenvalue weighted by atomic mass is 10.4. The predicted octanol–water partition coefficient (Wildman–Crippen LogP) is 3.38. The first-order valence-electron chi connectivity index (χ1n) is 10.2. The summed E-state index contributed by atoms with van der Waals surface area (Å²) in [4.78, 5) is 11.8. The molecule has 0 radical (unpaired) electrons. The number of hydrogen-bond donors (Lipinski definition) is 2. The van der Waals surface area contributed by atoms with Crippen LogP contribution in [0.4, 0.5) is 4.79 Å². The van der Waals surface area contributed by atoms with Gasteiger partial charge in [0.15, 0.2) is 0 Å². The molecule has 0 fully saturated rings. The fourth-order valence-electron chi connectivity index (χ4n) is 1.74. The first-order valence-corrected chi connectivity index (χ1v) is 10.2. The van der Waals surface area contributed by atoms with E-state index in [1.165, 1.54) is 12.4 Å². The highest BCUT2D eigenvalue weighted by atomic mass is 16.2. The van der Waals surface area contributed by atoms with Crippen molar-refractivity contribution in [1.82, 2.24) is 46.3 Å². The lowest BCUT2D eigenvalue weighted by Crippen LogP contribution is -2.25. The number of nitrogens with zero attached hydrogens (tertiary/aromatic N) is 8. The van der Waals surface area contributed by atoms with E-state index in [0.717, 1.165) is 0 Å². The Balaban J connectivity index is 3.19. The lowest BCUT2D eigenvalue weighted by molar-refractivity contribution is 0.240. The van der Waals surface area contributed by atoms with Gasteiger partial charge in [0.25, 0.3) is 0 Å². The Morgan fingerprint density at radius 2 is 0.857 bits per heavy atom. The molecule has 11 nitrogen and oxygen atoms in total. The molecule has 1 aromatic rings. The zero-order valence-electron chi connectivity index (χ0n) is 18.8. The van der Waals surface area contributed by atoms with Crippen molar-refractivity contribution >= 4 is 6.03 Å². The number of carbonyl (C=O) groups excluding carboxylic acids is 1. The fourth-order valence-corrected chi connectivity index (χ4v) is 1.74. The molecule has 178 valence electrons. The van der Waals surface area contributed by atoms with Gasteiger partial charge in [-0.1, -0.05) is 120 Å². The average molecular weight is 471 g/mol. The Bertz CT molecular complexity index is 1100. The third kappa shape index (κ3) is 19.1. The lowest BCUT2D eigenvalue weighted by Gasteiger charge is -1.88. The van der Waals surface area contributed by atoms with Crippen molar-refractivity contribution in [3.63, 3.8) is 0 Å². The summed E-state index contributed by atoms with van der Waals surface area (Å²) in [6.45, 7) is 0. The number of aromatic nitrogens is 9. The Hall–Kier alpha value is -5.32. The van der Waals surface area contributed by atoms with E-state index >= 15 is 0 Å². The number of nitrogens with two attached hydrogens (primary N) is 1. The van der Waals surface area contributed by atoms with E-state index in [-0.39, 0.29) is 0 Å². The number of primary amides is 1. The van der Waals surface area contributed by atoms with Gasteiger partial charge < -0.3 is 5.73 Å². The van der Waals surface area contributed by atoms with Crippen LogP contribution in [0.2, 0.25) is 0 Å². The number of carbonyl (C=O) groups is 1. The summed E-state index contributed by atoms with van der Waals surface area (Å²) in [5.74, 6) is 0. The quantitative estimate of drug-likeness (QED) is 0.585. The second-order valence-electron chi connectivity index (χ2n) is 5.78. The molecule has 0 saturated heterocycles. The van der Waals surface area contributed by atoms with Crippen molar-refractivity contribution in [3.8, 4) is 0 Å². The molecule has 0 aliphatic heterocycles. The SMILES string of the molecule is NC(=O)n1nnncccccccccccccccccccccccnnnn[nH]1. The van der Waals surface area contributed by atoms with Crippen LogP contribution in [0.5, 0.6) is 0 Å². The molecule has 0 atom stereocenters. The van der Waals surface area contributed by atoms with Crippen LogP contribution in [-0.4, -0.2) is 52.3 Å². The fraction of sp³-hybridized carbons (Fsp3) is 0. The average Bonchev–Trinajstić information content (AvgIpc) is 2.85. The largest absolute Gasteiger partial charge is 0.357 e. The van der Waals surface area contributed by atoms with Crippen LogP contribution in [0, 0.1) is 0 Å². The van der Waals surface area contributed by atoms with E-state index in [0.29, 0.717) is 4.80 Å². The van der Waals surface area contributed by atoms with Crippen molar-refractivity contribution < 1.29 is 4.79 Å². The maximum absolute atomic E-state index is 11.3. The Labute approximate surface area is 203 Å². The van der Waals surface area contributed by atoms with Gasteiger partial charge in [0.2, 0.25) is 0 Å². The van der Waals surface area contributed by atoms with Crippen LogP contribution in [0.3, 0.4) is 0 Å². The minimum Gasteiger partial charge on any atom is -0.348 e. The van der Waals surface area contributed by atoms with E-state index < -0.39 is 6.03 Å². The van der Waals surface area contributed by atoms with Crippen molar-refractivity contribution in [2.24, 2.45) is 5.73 Å². The number of nitrogens with one attached hydrogen (secondary N) is 1. The summed E-state index contributed by atoms with van der Waals surface area (Å²) in [5, 5.41) is 26.4. The highest BCUT2D eigenvalue weighted by Crippen LogP contribution is 1.80. The van der Waals surface area contributed by atoms with Gasteiger partial charge in [0.1, 0.15) is 0 Å². The highest BCUT2D eigenvalue weighted by Gasteiger charge is 1.92. The molecule has 0 aliphatic carbocycles. The molecule has 3 N–H and O–H groups in total. The van der Waals surface area contributed by atoms with Gasteiger partial charge in [-0.25, -0.2) is 4.79 Å². The smallest absolute Gasteiger partial charge is 0.348 e. The molecule has 0 spiro atoms. The normalized spacial score (nSPS) is 8.23. The number of rotatable bonds is 0. The number of hydrogen-bond acceptors (Lipinski definition) is 8. The number of aromatic amines is 1. The van der Waals surface area contributed by atoms with Gasteiger partial charge in [0, 0.05) is 0 Å². The summed E-state index contributed by atoms with van der Waals surface area (Å²) in [7, 11) is 0. The van der Waals surface area contributed by atoms with Gasteiger partial charge in [-0.2, -0.15) is 5.21 Å². The van der Waals surface area contributed by atoms with E-state index in [1.54, 1.807) is 24.3 Å². The van der Waals surface area contributed by atoms with E-state index in [2.05, 4.69) is 41.5 Å². The maximum Gasteiger partial charge on any atom is 0.357 e. The molecular formula is C24H26N10O. The number of amides is 1. The van der Waals surface area contributed by atoms with E-state index in [1.807, 2.05) is 103 Å². The molecule has 35 heavy (non-hydrogen) atoms. The van der Waals surface area contributed by atoms with Crippen LogP contribution in [0.15, 0.2) is 140 Å². The molecule has 11 heteroatoms. The monoisotopic (exact) mass is 470 g/mol. The summed E-state index contributed by atoms with van der Waals surface area (Å²) in [6, 6.07) is 38.1. The molecule has 1 rings (SSSR count). The zero-order valence-corrected chi connectivity index (χ0v) is 18.8. The molecule has 1 heterocycles. The third-order valence-corrected chi connectivity index (χ3v) is 3.19. The summed E-state index contributed by atoms with van der Waals surface area (Å²) in [5.41, 5.74) is 5.13. The Morgan fingerprint density at radius 3 is 1.23 bits per heavy atom. The first kappa shape index (κ1) is 27.7. The van der Waals surface area contributed by atoms with Crippen LogP contribution in [0.25, 0.3) is 0 Å². The van der Waals surface area contributed by atoms with Crippen molar-refractivity contribution in [1.29, 1.82) is 0 Å². The summed E-state index contributed by atoms with van der Waals surface area (Å²) < 4.78 is 0. The minimum absolute atomic E-state index is 0.516. The van der Waals surface area contributed by atoms with Crippen LogP contribution in [0.1, 0.15) is 0 Å². The first-order chi connectivity index (χ1) is 17.3. The maximum atomic E-state index is 11.3. The third-order valence-electron chi connectivity index (χ3n) is 3.19. The van der Waals surface area contributed by atoms with E-state index in [9.17, 15) is 4.79 Å². The molecule has 0 bridgehead atoms. The zero-order chi connectivity index (χ0) is 25.1. The molecular weight excluding hydrogens is 444 g/mol. The van der Waals surface area contributed by atoms with Crippen molar-refractivity contribution in [2.75, 3.05) is 0 Å². The van der Waals surface area contributed by atoms with Crippen molar-refractivity contribution in [3.05, 3.63) is 140 Å². The van der Waals surface area contributed by atoms with Crippen LogP contribution < -0.4 is 5.73 Å². The van der Waals surface area contributed by atoms with Crippen LogP contribution >= 0.6 is 0 Å². The molecule has 0 saturated carbocycles. The second kappa shape index (κ2) is 21.9. The van der Waals surface area contributed by atoms with Gasteiger partial charge in [-0.15, -0.1) is 10.2 Å². The summed E-state index contributed by atoms with van der Waals surface area (Å²) in [6.07, 6.45) is 2.77. The number of H-pyrrole nitrogens is 1. The summed E-state index contributed by atoms with van der Waals surface area (Å²) >= 11 is 0. The minimum atomic E-state index is -0.979. The van der Waals surface area contributed by atoms with Gasteiger partial charge in [-0.05, 0) is 38.2 Å². The second-order valence-corrected chi connectivity index (χ2v) is 5.78. The van der Waals surface area contributed by atoms with Gasteiger partial charge >= 0.3 is 6.03 Å². The molecule has 1 aromatic heterocycles. The predicted molar refractivity (Wildman–Crippen MR) is 132 cm³/mol. The standard InChI is InChI=1S/C24H26N10O/c25-24(35)34-32-29-27-23-21-19-17-15-13-11-9-7-5-3-1-2-4-6-8-10-12-14-16-18-20-22-26-28-30-31-33-34/h1-23H,(H2,25,35)(H,26,30,33). The van der Waals surface area contributed by atoms with Crippen LogP contribution in [-0.2, 0) is 0 Å². The van der Waals surface area contributed by atoms with Gasteiger partial charge in [-0.3, -0.25) is 0 Å². The Morgan fingerprint density at radius 1 is 0.514 bits per heavy atom. The van der Waals surface area contributed by atoms with Gasteiger partial charge in [0.05, 0.1) is 12.4 Å². The highest BCUT2D eigenvalue weighted by molar-refractivity contribution is 5.71. The topological polar surface area (TPSA) is 154 Å². The van der Waals surface area contributed by atoms with Crippen molar-refractivity contribution in [2.45, 2.75) is 0 Å². The molecule has 0 aliphatic rings. The molecule has 0 unspecified atom stereocenters. The molecule has 1 amide bonds. The molecule has 0 aromatic carbocycles. The Kier molecular flexibility index (Phi) is 17.3. The van der Waals surface area contributed by atoms with E-state index in [4.69, 9.17) is 5.73 Å².